The van der Waals surface area contributed by atoms with E-state index in [2.05, 4.69) is 11.1 Å². The van der Waals surface area contributed by atoms with Crippen molar-refractivity contribution < 1.29 is 4.42 Å². The Hall–Kier alpha value is -1.35. The highest BCUT2D eigenvalue weighted by molar-refractivity contribution is 5.76. The van der Waals surface area contributed by atoms with E-state index in [-0.39, 0.29) is 0 Å². The molecule has 13 heavy (non-hydrogen) atoms. The van der Waals surface area contributed by atoms with Crippen LogP contribution in [0.15, 0.2) is 29.0 Å². The second-order valence-corrected chi connectivity index (χ2v) is 3.03. The third-order valence-corrected chi connectivity index (χ3v) is 2.03. The van der Waals surface area contributed by atoms with Crippen molar-refractivity contribution in [2.75, 3.05) is 6.54 Å². The van der Waals surface area contributed by atoms with Crippen LogP contribution in [0.2, 0.25) is 0 Å². The molecular formula is C10H12N2O. The Morgan fingerprint density at radius 3 is 3.23 bits per heavy atom. The topological polar surface area (TPSA) is 52.0 Å². The molecule has 3 heteroatoms. The van der Waals surface area contributed by atoms with E-state index in [4.69, 9.17) is 10.2 Å². The van der Waals surface area contributed by atoms with E-state index < -0.39 is 0 Å². The van der Waals surface area contributed by atoms with Crippen LogP contribution in [-0.4, -0.2) is 11.5 Å². The zero-order valence-corrected chi connectivity index (χ0v) is 7.36. The lowest BCUT2D eigenvalue weighted by atomic mass is 10.2. The summed E-state index contributed by atoms with van der Waals surface area (Å²) in [6, 6.07) is 4.00. The van der Waals surface area contributed by atoms with E-state index in [0.29, 0.717) is 6.54 Å². The minimum Gasteiger partial charge on any atom is -0.463 e. The van der Waals surface area contributed by atoms with E-state index in [9.17, 15) is 0 Å². The number of furan rings is 1. The van der Waals surface area contributed by atoms with Gasteiger partial charge in [-0.1, -0.05) is 0 Å². The second-order valence-electron chi connectivity index (χ2n) is 3.03. The molecule has 2 rings (SSSR count). The first-order valence-electron chi connectivity index (χ1n) is 4.42. The van der Waals surface area contributed by atoms with Crippen molar-refractivity contribution in [2.24, 2.45) is 5.73 Å². The van der Waals surface area contributed by atoms with Crippen LogP contribution in [0.1, 0.15) is 12.1 Å². The molecule has 0 saturated heterocycles. The Balaban J connectivity index is 2.26. The largest absolute Gasteiger partial charge is 0.463 e. The van der Waals surface area contributed by atoms with Gasteiger partial charge in [-0.05, 0) is 31.5 Å². The number of aryl methyl sites for hydroxylation is 1. The summed E-state index contributed by atoms with van der Waals surface area (Å²) in [5.41, 5.74) is 7.35. The molecule has 3 nitrogen and oxygen atoms in total. The third-order valence-electron chi connectivity index (χ3n) is 2.03. The molecule has 0 aliphatic carbocycles. The average molecular weight is 176 g/mol. The van der Waals surface area contributed by atoms with Crippen LogP contribution in [0.3, 0.4) is 0 Å². The first-order valence-corrected chi connectivity index (χ1v) is 4.42. The van der Waals surface area contributed by atoms with Crippen LogP contribution in [-0.2, 0) is 6.42 Å². The van der Waals surface area contributed by atoms with Crippen molar-refractivity contribution in [3.63, 3.8) is 0 Å². The van der Waals surface area contributed by atoms with Gasteiger partial charge in [0.1, 0.15) is 0 Å². The van der Waals surface area contributed by atoms with Crippen molar-refractivity contribution >= 4 is 11.0 Å². The van der Waals surface area contributed by atoms with Crippen molar-refractivity contribution in [3.8, 4) is 0 Å². The summed E-state index contributed by atoms with van der Waals surface area (Å²) in [6.45, 7) is 0.713. The molecule has 0 aromatic carbocycles. The fraction of sp³-hybridized carbons (Fsp3) is 0.300. The summed E-state index contributed by atoms with van der Waals surface area (Å²) in [6.07, 6.45) is 5.37. The average Bonchev–Trinajstić information content (AvgIpc) is 2.61. The van der Waals surface area contributed by atoms with E-state index in [1.807, 2.05) is 6.07 Å². The first-order chi connectivity index (χ1) is 6.40. The first kappa shape index (κ1) is 8.26. The molecule has 0 atom stereocenters. The van der Waals surface area contributed by atoms with Gasteiger partial charge in [-0.15, -0.1) is 0 Å². The number of rotatable bonds is 3. The quantitative estimate of drug-likeness (QED) is 0.774. The molecule has 68 valence electrons. The van der Waals surface area contributed by atoms with Crippen LogP contribution in [0.4, 0.5) is 0 Å². The molecule has 2 heterocycles. The third kappa shape index (κ3) is 1.70. The van der Waals surface area contributed by atoms with Gasteiger partial charge in [0, 0.05) is 11.1 Å². The normalized spacial score (nSPS) is 10.8. The van der Waals surface area contributed by atoms with Crippen molar-refractivity contribution in [1.82, 2.24) is 4.98 Å². The number of aromatic nitrogens is 1. The Morgan fingerprint density at radius 2 is 2.38 bits per heavy atom. The maximum absolute atomic E-state index is 5.42. The second kappa shape index (κ2) is 3.58. The van der Waals surface area contributed by atoms with Crippen LogP contribution in [0.25, 0.3) is 11.0 Å². The van der Waals surface area contributed by atoms with Crippen molar-refractivity contribution in [1.29, 1.82) is 0 Å². The SMILES string of the molecule is NCCCc1cc2ccoc2cn1. The van der Waals surface area contributed by atoms with Gasteiger partial charge in [-0.3, -0.25) is 4.98 Å². The van der Waals surface area contributed by atoms with Crippen LogP contribution in [0.5, 0.6) is 0 Å². The van der Waals surface area contributed by atoms with E-state index in [0.717, 1.165) is 29.5 Å². The number of pyridine rings is 1. The maximum atomic E-state index is 5.42. The van der Waals surface area contributed by atoms with Gasteiger partial charge >= 0.3 is 0 Å². The van der Waals surface area contributed by atoms with Gasteiger partial charge in [0.25, 0.3) is 0 Å². The Morgan fingerprint density at radius 1 is 1.46 bits per heavy atom. The minimum atomic E-state index is 0.713. The monoisotopic (exact) mass is 176 g/mol. The molecule has 0 aliphatic rings. The number of nitrogens with two attached hydrogens (primary N) is 1. The van der Waals surface area contributed by atoms with E-state index in [1.165, 1.54) is 0 Å². The number of nitrogens with zero attached hydrogens (tertiary/aromatic N) is 1. The number of hydrogen-bond donors (Lipinski definition) is 1. The Bertz CT molecular complexity index is 394. The zero-order chi connectivity index (χ0) is 9.10. The molecule has 0 aliphatic heterocycles. The lowest BCUT2D eigenvalue weighted by molar-refractivity contribution is 0.613. The molecule has 0 fully saturated rings. The minimum absolute atomic E-state index is 0.713. The van der Waals surface area contributed by atoms with Crippen molar-refractivity contribution in [2.45, 2.75) is 12.8 Å². The predicted molar refractivity (Wildman–Crippen MR) is 51.4 cm³/mol. The number of fused-ring (bicyclic) bond motifs is 1. The lowest BCUT2D eigenvalue weighted by Crippen LogP contribution is -2.01. The molecule has 0 bridgehead atoms. The number of hydrogen-bond acceptors (Lipinski definition) is 3. The lowest BCUT2D eigenvalue weighted by Gasteiger charge is -1.97. The summed E-state index contributed by atoms with van der Waals surface area (Å²) in [5, 5.41) is 1.11. The van der Waals surface area contributed by atoms with Crippen LogP contribution >= 0.6 is 0 Å². The predicted octanol–water partition coefficient (Wildman–Crippen LogP) is 1.72. The molecule has 0 spiro atoms. The highest BCUT2D eigenvalue weighted by atomic mass is 16.3. The summed E-state index contributed by atoms with van der Waals surface area (Å²) in [4.78, 5) is 4.27. The zero-order valence-electron chi connectivity index (χ0n) is 7.36. The molecule has 2 aromatic rings. The van der Waals surface area contributed by atoms with Gasteiger partial charge < -0.3 is 10.2 Å². The molecular weight excluding hydrogens is 164 g/mol. The molecule has 0 saturated carbocycles. The maximum Gasteiger partial charge on any atom is 0.152 e. The van der Waals surface area contributed by atoms with Crippen LogP contribution in [0, 0.1) is 0 Å². The summed E-state index contributed by atoms with van der Waals surface area (Å²) >= 11 is 0. The van der Waals surface area contributed by atoms with Crippen molar-refractivity contribution in [3.05, 3.63) is 30.3 Å². The summed E-state index contributed by atoms with van der Waals surface area (Å²) in [7, 11) is 0. The van der Waals surface area contributed by atoms with Gasteiger partial charge in [0.05, 0.1) is 12.5 Å². The van der Waals surface area contributed by atoms with Gasteiger partial charge in [0.2, 0.25) is 0 Å². The van der Waals surface area contributed by atoms with Gasteiger partial charge in [-0.2, -0.15) is 0 Å². The van der Waals surface area contributed by atoms with Crippen LogP contribution < -0.4 is 5.73 Å². The Kier molecular flexibility index (Phi) is 2.27. The molecule has 0 unspecified atom stereocenters. The molecule has 0 radical (unpaired) electrons. The Labute approximate surface area is 76.6 Å². The molecule has 0 amide bonds. The highest BCUT2D eigenvalue weighted by Gasteiger charge is 1.99. The fourth-order valence-electron chi connectivity index (χ4n) is 1.33. The van der Waals surface area contributed by atoms with Gasteiger partial charge in [0.15, 0.2) is 5.58 Å². The van der Waals surface area contributed by atoms with Gasteiger partial charge in [-0.25, -0.2) is 0 Å². The highest BCUT2D eigenvalue weighted by Crippen LogP contribution is 2.15. The fourth-order valence-corrected chi connectivity index (χ4v) is 1.33. The standard InChI is InChI=1S/C10H12N2O/c11-4-1-2-9-6-8-3-5-13-10(8)7-12-9/h3,5-7H,1-2,4,11H2. The van der Waals surface area contributed by atoms with E-state index in [1.54, 1.807) is 12.5 Å². The van der Waals surface area contributed by atoms with E-state index >= 15 is 0 Å². The molecule has 2 aromatic heterocycles. The smallest absolute Gasteiger partial charge is 0.152 e. The molecule has 2 N–H and O–H groups in total. The summed E-state index contributed by atoms with van der Waals surface area (Å²) < 4.78 is 5.19. The summed E-state index contributed by atoms with van der Waals surface area (Å²) in [5.74, 6) is 0.